The summed E-state index contributed by atoms with van der Waals surface area (Å²) in [5.74, 6) is 1.37. The molecule has 0 aromatic heterocycles. The molecule has 0 saturated carbocycles. The number of amides is 1. The number of allylic oxidation sites excluding steroid dienone is 1. The highest BCUT2D eigenvalue weighted by molar-refractivity contribution is 6.02. The minimum atomic E-state index is -0.571. The van der Waals surface area contributed by atoms with Gasteiger partial charge in [0, 0.05) is 43.9 Å². The number of anilines is 2. The largest absolute Gasteiger partial charge is 0.493 e. The fourth-order valence-corrected chi connectivity index (χ4v) is 6.22. The first-order valence-electron chi connectivity index (χ1n) is 14.5. The van der Waals surface area contributed by atoms with Crippen LogP contribution in [-0.2, 0) is 14.3 Å². The predicted octanol–water partition coefficient (Wildman–Crippen LogP) is 3.78. The number of hydrogen-bond acceptors (Lipinski definition) is 9. The molecule has 2 heterocycles. The normalized spacial score (nSPS) is 20.2. The average molecular weight is 579 g/mol. The Morgan fingerprint density at radius 2 is 1.74 bits per heavy atom. The lowest BCUT2D eigenvalue weighted by Crippen LogP contribution is -2.45. The molecule has 1 saturated heterocycles. The van der Waals surface area contributed by atoms with Gasteiger partial charge in [-0.1, -0.05) is 26.0 Å². The number of Topliss-reactive ketones (excluding diaryl/α,β-unsaturated/α-hetero) is 1. The fraction of sp³-hybridized carbons (Fsp3) is 0.500. The van der Waals surface area contributed by atoms with Crippen LogP contribution in [-0.4, -0.2) is 83.9 Å². The van der Waals surface area contributed by atoms with E-state index >= 15 is 0 Å². The molecule has 2 N–H and O–H groups in total. The number of nitrogens with zero attached hydrogens (tertiary/aromatic N) is 2. The second-order valence-electron chi connectivity index (χ2n) is 11.8. The number of rotatable bonds is 9. The van der Waals surface area contributed by atoms with Crippen molar-refractivity contribution in [3.8, 4) is 17.2 Å². The minimum absolute atomic E-state index is 0.0522. The summed E-state index contributed by atoms with van der Waals surface area (Å²) in [4.78, 5) is 31.9. The zero-order valence-electron chi connectivity index (χ0n) is 25.2. The van der Waals surface area contributed by atoms with Crippen LogP contribution in [0.25, 0.3) is 0 Å². The highest BCUT2D eigenvalue weighted by Gasteiger charge is 2.42. The van der Waals surface area contributed by atoms with Gasteiger partial charge in [-0.15, -0.1) is 0 Å². The molecule has 0 radical (unpaired) electrons. The topological polar surface area (TPSA) is 102 Å². The molecule has 2 aliphatic heterocycles. The monoisotopic (exact) mass is 578 g/mol. The maximum atomic E-state index is 14.0. The van der Waals surface area contributed by atoms with E-state index in [4.69, 9.17) is 18.9 Å². The highest BCUT2D eigenvalue weighted by Crippen LogP contribution is 2.50. The number of nitrogens with one attached hydrogen (secondary N) is 2. The number of carbonyl (C=O) groups is 2. The van der Waals surface area contributed by atoms with E-state index in [-0.39, 0.29) is 23.7 Å². The van der Waals surface area contributed by atoms with Crippen LogP contribution in [0.2, 0.25) is 0 Å². The Hall–Kier alpha value is -3.76. The SMILES string of the molecule is COc1cc(C2C3=C(CC(C)(C)CC3=O)Nc3ccccc3N2CC(=O)NCCN2CCOCC2)cc(OC)c1OC. The summed E-state index contributed by atoms with van der Waals surface area (Å²) in [7, 11) is 4.71. The third kappa shape index (κ3) is 6.19. The van der Waals surface area contributed by atoms with Crippen LogP contribution in [0.5, 0.6) is 17.2 Å². The Labute approximate surface area is 247 Å². The molecule has 1 atom stereocenters. The quantitative estimate of drug-likeness (QED) is 0.460. The van der Waals surface area contributed by atoms with Crippen molar-refractivity contribution in [1.29, 1.82) is 0 Å². The number of para-hydroxylation sites is 2. The van der Waals surface area contributed by atoms with Gasteiger partial charge in [-0.25, -0.2) is 0 Å². The van der Waals surface area contributed by atoms with Crippen molar-refractivity contribution in [3.63, 3.8) is 0 Å². The Morgan fingerprint density at radius 1 is 1.05 bits per heavy atom. The lowest BCUT2D eigenvalue weighted by molar-refractivity contribution is -0.120. The van der Waals surface area contributed by atoms with Crippen LogP contribution < -0.4 is 29.7 Å². The number of carbonyl (C=O) groups excluding carboxylic acids is 2. The van der Waals surface area contributed by atoms with Gasteiger partial charge in [0.2, 0.25) is 11.7 Å². The number of ketones is 1. The third-order valence-electron chi connectivity index (χ3n) is 8.17. The second kappa shape index (κ2) is 12.6. The molecule has 2 aromatic rings. The summed E-state index contributed by atoms with van der Waals surface area (Å²) in [5.41, 5.74) is 3.78. The number of methoxy groups -OCH3 is 3. The van der Waals surface area contributed by atoms with Gasteiger partial charge in [-0.2, -0.15) is 0 Å². The maximum absolute atomic E-state index is 14.0. The number of morpholine rings is 1. The minimum Gasteiger partial charge on any atom is -0.493 e. The average Bonchev–Trinajstić information content (AvgIpc) is 3.10. The first kappa shape index (κ1) is 29.7. The number of benzene rings is 2. The van der Waals surface area contributed by atoms with Crippen LogP contribution in [0, 0.1) is 5.41 Å². The van der Waals surface area contributed by atoms with Crippen molar-refractivity contribution >= 4 is 23.1 Å². The van der Waals surface area contributed by atoms with E-state index in [9.17, 15) is 9.59 Å². The molecule has 3 aliphatic rings. The molecule has 1 aliphatic carbocycles. The molecular formula is C32H42N4O6. The van der Waals surface area contributed by atoms with Gasteiger partial charge in [-0.05, 0) is 41.7 Å². The van der Waals surface area contributed by atoms with Gasteiger partial charge in [0.15, 0.2) is 17.3 Å². The number of ether oxygens (including phenoxy) is 4. The van der Waals surface area contributed by atoms with Gasteiger partial charge in [0.05, 0.1) is 58.5 Å². The summed E-state index contributed by atoms with van der Waals surface area (Å²) in [6.45, 7) is 8.71. The summed E-state index contributed by atoms with van der Waals surface area (Å²) < 4.78 is 22.4. The van der Waals surface area contributed by atoms with E-state index < -0.39 is 6.04 Å². The van der Waals surface area contributed by atoms with Gasteiger partial charge >= 0.3 is 0 Å². The summed E-state index contributed by atoms with van der Waals surface area (Å²) in [5, 5.41) is 6.70. The Bertz CT molecular complexity index is 1330. The summed E-state index contributed by atoms with van der Waals surface area (Å²) >= 11 is 0. The molecular weight excluding hydrogens is 536 g/mol. The molecule has 0 spiro atoms. The summed E-state index contributed by atoms with van der Waals surface area (Å²) in [6, 6.07) is 11.1. The molecule has 0 bridgehead atoms. The van der Waals surface area contributed by atoms with Gasteiger partial charge in [-0.3, -0.25) is 14.5 Å². The zero-order valence-corrected chi connectivity index (χ0v) is 25.2. The van der Waals surface area contributed by atoms with Crippen LogP contribution in [0.15, 0.2) is 47.7 Å². The van der Waals surface area contributed by atoms with Crippen LogP contribution in [0.4, 0.5) is 11.4 Å². The fourth-order valence-electron chi connectivity index (χ4n) is 6.22. The van der Waals surface area contributed by atoms with E-state index in [1.807, 2.05) is 41.3 Å². The first-order chi connectivity index (χ1) is 20.2. The van der Waals surface area contributed by atoms with Crippen LogP contribution >= 0.6 is 0 Å². The third-order valence-corrected chi connectivity index (χ3v) is 8.17. The zero-order chi connectivity index (χ0) is 29.9. The molecule has 1 amide bonds. The van der Waals surface area contributed by atoms with E-state index in [0.717, 1.165) is 42.3 Å². The number of fused-ring (bicyclic) bond motifs is 1. The van der Waals surface area contributed by atoms with Gasteiger partial charge in [0.1, 0.15) is 0 Å². The molecule has 1 fully saturated rings. The second-order valence-corrected chi connectivity index (χ2v) is 11.8. The van der Waals surface area contributed by atoms with E-state index in [1.165, 1.54) is 0 Å². The molecule has 1 unspecified atom stereocenters. The maximum Gasteiger partial charge on any atom is 0.239 e. The standard InChI is InChI=1S/C32H42N4O6/c1-32(2)18-23-29(25(37)19-32)30(21-16-26(39-3)31(41-5)27(17-21)40-4)36(24-9-7-6-8-22(24)34-23)20-28(38)33-10-11-35-12-14-42-15-13-35/h6-9,16-17,30,34H,10-15,18-20H2,1-5H3,(H,33,38). The van der Waals surface area contributed by atoms with Crippen molar-refractivity contribution in [1.82, 2.24) is 10.2 Å². The summed E-state index contributed by atoms with van der Waals surface area (Å²) in [6.07, 6.45) is 1.10. The lowest BCUT2D eigenvalue weighted by atomic mass is 9.73. The first-order valence-corrected chi connectivity index (χ1v) is 14.5. The van der Waals surface area contributed by atoms with Crippen LogP contribution in [0.1, 0.15) is 38.3 Å². The molecule has 10 heteroatoms. The molecule has 10 nitrogen and oxygen atoms in total. The molecule has 2 aromatic carbocycles. The van der Waals surface area contributed by atoms with Crippen molar-refractivity contribution in [3.05, 3.63) is 53.2 Å². The van der Waals surface area contributed by atoms with Crippen molar-refractivity contribution < 1.29 is 28.5 Å². The smallest absolute Gasteiger partial charge is 0.239 e. The van der Waals surface area contributed by atoms with E-state index in [2.05, 4.69) is 29.4 Å². The Balaban J connectivity index is 1.58. The molecule has 42 heavy (non-hydrogen) atoms. The van der Waals surface area contributed by atoms with Crippen LogP contribution in [0.3, 0.4) is 0 Å². The van der Waals surface area contributed by atoms with Crippen molar-refractivity contribution in [2.24, 2.45) is 5.41 Å². The predicted molar refractivity (Wildman–Crippen MR) is 162 cm³/mol. The van der Waals surface area contributed by atoms with Gasteiger partial charge in [0.25, 0.3) is 0 Å². The Kier molecular flexibility index (Phi) is 8.93. The van der Waals surface area contributed by atoms with E-state index in [1.54, 1.807) is 21.3 Å². The molecule has 5 rings (SSSR count). The number of hydrogen-bond donors (Lipinski definition) is 2. The highest BCUT2D eigenvalue weighted by atomic mass is 16.5. The lowest BCUT2D eigenvalue weighted by Gasteiger charge is -2.38. The Morgan fingerprint density at radius 3 is 2.40 bits per heavy atom. The van der Waals surface area contributed by atoms with E-state index in [0.29, 0.717) is 55.4 Å². The van der Waals surface area contributed by atoms with Crippen molar-refractivity contribution in [2.45, 2.75) is 32.7 Å². The molecule has 226 valence electrons. The van der Waals surface area contributed by atoms with Gasteiger partial charge < -0.3 is 34.5 Å². The van der Waals surface area contributed by atoms with Crippen molar-refractivity contribution in [2.75, 3.05) is 77.5 Å².